The van der Waals surface area contributed by atoms with E-state index in [2.05, 4.69) is 65.7 Å². The van der Waals surface area contributed by atoms with Crippen molar-refractivity contribution in [2.24, 2.45) is 0 Å². The van der Waals surface area contributed by atoms with Crippen LogP contribution in [0.3, 0.4) is 0 Å². The van der Waals surface area contributed by atoms with E-state index in [-0.39, 0.29) is 0 Å². The van der Waals surface area contributed by atoms with Crippen molar-refractivity contribution in [2.75, 3.05) is 5.32 Å². The Kier molecular flexibility index (Phi) is 3.88. The predicted octanol–water partition coefficient (Wildman–Crippen LogP) is 5.26. The van der Waals surface area contributed by atoms with Gasteiger partial charge >= 0.3 is 0 Å². The summed E-state index contributed by atoms with van der Waals surface area (Å²) in [6.07, 6.45) is 2.75. The summed E-state index contributed by atoms with van der Waals surface area (Å²) in [7, 11) is 0. The topological polar surface area (TPSA) is 37.8 Å². The van der Waals surface area contributed by atoms with Gasteiger partial charge in [-0.1, -0.05) is 32.0 Å². The maximum absolute atomic E-state index is 4.45. The van der Waals surface area contributed by atoms with Crippen LogP contribution in [0.25, 0.3) is 10.2 Å². The molecule has 3 aromatic rings. The second kappa shape index (κ2) is 5.82. The number of rotatable bonds is 4. The van der Waals surface area contributed by atoms with Gasteiger partial charge in [-0.3, -0.25) is 0 Å². The number of para-hydroxylation sites is 1. The molecule has 3 nitrogen and oxygen atoms in total. The quantitative estimate of drug-likeness (QED) is 0.714. The smallest absolute Gasteiger partial charge is 0.142 e. The molecule has 0 saturated carbocycles. The molecule has 0 aliphatic heterocycles. The van der Waals surface area contributed by atoms with Crippen LogP contribution in [-0.2, 0) is 0 Å². The Hall–Kier alpha value is -1.94. The number of hydrogen-bond acceptors (Lipinski definition) is 4. The molecule has 4 heteroatoms. The van der Waals surface area contributed by atoms with E-state index in [1.807, 2.05) is 0 Å². The molecule has 0 spiro atoms. The van der Waals surface area contributed by atoms with E-state index in [1.54, 1.807) is 17.7 Å². The summed E-state index contributed by atoms with van der Waals surface area (Å²) in [4.78, 5) is 9.82. The zero-order valence-corrected chi connectivity index (χ0v) is 13.4. The van der Waals surface area contributed by atoms with Crippen LogP contribution in [0.4, 0.5) is 11.5 Å². The van der Waals surface area contributed by atoms with Crippen molar-refractivity contribution in [1.82, 2.24) is 9.97 Å². The van der Waals surface area contributed by atoms with Crippen LogP contribution >= 0.6 is 11.3 Å². The number of benzene rings is 1. The lowest BCUT2D eigenvalue weighted by atomic mass is 9.97. The van der Waals surface area contributed by atoms with Gasteiger partial charge in [0.25, 0.3) is 0 Å². The van der Waals surface area contributed by atoms with Crippen molar-refractivity contribution in [3.8, 4) is 0 Å². The maximum Gasteiger partial charge on any atom is 0.142 e. The largest absolute Gasteiger partial charge is 0.339 e. The molecule has 108 valence electrons. The van der Waals surface area contributed by atoms with Crippen LogP contribution in [-0.4, -0.2) is 9.97 Å². The first kappa shape index (κ1) is 14.0. The fourth-order valence-electron chi connectivity index (χ4n) is 2.50. The van der Waals surface area contributed by atoms with E-state index in [4.69, 9.17) is 0 Å². The van der Waals surface area contributed by atoms with E-state index >= 15 is 0 Å². The van der Waals surface area contributed by atoms with Gasteiger partial charge in [0, 0.05) is 5.69 Å². The molecular formula is C17H19N3S. The first-order valence-electron chi connectivity index (χ1n) is 7.25. The number of aromatic nitrogens is 2. The third-order valence-corrected chi connectivity index (χ3v) is 4.92. The lowest BCUT2D eigenvalue weighted by Crippen LogP contribution is -2.01. The van der Waals surface area contributed by atoms with Crippen molar-refractivity contribution in [3.63, 3.8) is 0 Å². The Balaban J connectivity index is 2.05. The van der Waals surface area contributed by atoms with Gasteiger partial charge in [0.15, 0.2) is 0 Å². The number of anilines is 2. The van der Waals surface area contributed by atoms with Crippen LogP contribution in [0.2, 0.25) is 0 Å². The summed E-state index contributed by atoms with van der Waals surface area (Å²) >= 11 is 1.66. The molecule has 21 heavy (non-hydrogen) atoms. The lowest BCUT2D eigenvalue weighted by molar-refractivity contribution is 0.735. The first-order chi connectivity index (χ1) is 10.2. The summed E-state index contributed by atoms with van der Waals surface area (Å²) in [6.45, 7) is 6.58. The number of fused-ring (bicyclic) bond motifs is 1. The highest BCUT2D eigenvalue weighted by Gasteiger charge is 2.12. The van der Waals surface area contributed by atoms with E-state index in [0.717, 1.165) is 28.1 Å². The van der Waals surface area contributed by atoms with E-state index in [1.165, 1.54) is 11.1 Å². The Labute approximate surface area is 129 Å². The van der Waals surface area contributed by atoms with Crippen molar-refractivity contribution in [3.05, 3.63) is 47.1 Å². The Morgan fingerprint density at radius 2 is 2.05 bits per heavy atom. The van der Waals surface area contributed by atoms with Crippen molar-refractivity contribution in [2.45, 2.75) is 33.1 Å². The monoisotopic (exact) mass is 297 g/mol. The molecule has 0 aliphatic carbocycles. The van der Waals surface area contributed by atoms with Crippen molar-refractivity contribution >= 4 is 33.1 Å². The fraction of sp³-hybridized carbons (Fsp3) is 0.294. The van der Waals surface area contributed by atoms with Gasteiger partial charge in [-0.2, -0.15) is 0 Å². The second-order valence-electron chi connectivity index (χ2n) is 5.34. The SMILES string of the molecule is CCC(C)c1ccccc1Nc1ncnc2scc(C)c12. The molecule has 0 fully saturated rings. The number of aryl methyl sites for hydroxylation is 1. The van der Waals surface area contributed by atoms with E-state index in [0.29, 0.717) is 5.92 Å². The molecule has 3 rings (SSSR count). The molecule has 1 atom stereocenters. The lowest BCUT2D eigenvalue weighted by Gasteiger charge is -2.16. The standard InChI is InChI=1S/C17H19N3S/c1-4-11(2)13-7-5-6-8-14(13)20-16-15-12(3)9-21-17(15)19-10-18-16/h5-11H,4H2,1-3H3,(H,18,19,20). The molecular weight excluding hydrogens is 278 g/mol. The van der Waals surface area contributed by atoms with Gasteiger partial charge in [-0.25, -0.2) is 9.97 Å². The zero-order valence-electron chi connectivity index (χ0n) is 12.6. The van der Waals surface area contributed by atoms with Crippen LogP contribution in [0, 0.1) is 6.92 Å². The molecule has 0 amide bonds. The van der Waals surface area contributed by atoms with E-state index < -0.39 is 0 Å². The number of thiophene rings is 1. The van der Waals surface area contributed by atoms with Crippen LogP contribution in [0.5, 0.6) is 0 Å². The second-order valence-corrected chi connectivity index (χ2v) is 6.20. The summed E-state index contributed by atoms with van der Waals surface area (Å²) in [6, 6.07) is 8.47. The van der Waals surface area contributed by atoms with Gasteiger partial charge in [-0.15, -0.1) is 11.3 Å². The Morgan fingerprint density at radius 1 is 1.24 bits per heavy atom. The summed E-state index contributed by atoms with van der Waals surface area (Å²) in [5.41, 5.74) is 3.69. The maximum atomic E-state index is 4.45. The van der Waals surface area contributed by atoms with Gasteiger partial charge < -0.3 is 5.32 Å². The highest BCUT2D eigenvalue weighted by Crippen LogP contribution is 2.33. The fourth-order valence-corrected chi connectivity index (χ4v) is 3.39. The predicted molar refractivity (Wildman–Crippen MR) is 90.6 cm³/mol. The molecule has 2 aromatic heterocycles. The van der Waals surface area contributed by atoms with Crippen LogP contribution in [0.1, 0.15) is 37.3 Å². The normalized spacial score (nSPS) is 12.5. The number of hydrogen-bond donors (Lipinski definition) is 1. The molecule has 0 saturated heterocycles. The Bertz CT molecular complexity index is 764. The van der Waals surface area contributed by atoms with Crippen molar-refractivity contribution < 1.29 is 0 Å². The first-order valence-corrected chi connectivity index (χ1v) is 8.13. The molecule has 0 bridgehead atoms. The minimum absolute atomic E-state index is 0.523. The average molecular weight is 297 g/mol. The minimum atomic E-state index is 0.523. The van der Waals surface area contributed by atoms with Gasteiger partial charge in [-0.05, 0) is 41.8 Å². The van der Waals surface area contributed by atoms with Crippen LogP contribution < -0.4 is 5.32 Å². The average Bonchev–Trinajstić information content (AvgIpc) is 2.90. The molecule has 1 aromatic carbocycles. The minimum Gasteiger partial charge on any atom is -0.339 e. The summed E-state index contributed by atoms with van der Waals surface area (Å²) < 4.78 is 0. The highest BCUT2D eigenvalue weighted by atomic mass is 32.1. The molecule has 2 heterocycles. The number of nitrogens with zero attached hydrogens (tertiary/aromatic N) is 2. The molecule has 0 radical (unpaired) electrons. The third-order valence-electron chi connectivity index (χ3n) is 3.91. The molecule has 0 aliphatic rings. The molecule has 1 N–H and O–H groups in total. The summed E-state index contributed by atoms with van der Waals surface area (Å²) in [5, 5.41) is 6.77. The van der Waals surface area contributed by atoms with Gasteiger partial charge in [0.2, 0.25) is 0 Å². The van der Waals surface area contributed by atoms with Crippen molar-refractivity contribution in [1.29, 1.82) is 0 Å². The Morgan fingerprint density at radius 3 is 2.86 bits per heavy atom. The van der Waals surface area contributed by atoms with Crippen LogP contribution in [0.15, 0.2) is 36.0 Å². The highest BCUT2D eigenvalue weighted by molar-refractivity contribution is 7.17. The van der Waals surface area contributed by atoms with E-state index in [9.17, 15) is 0 Å². The molecule has 1 unspecified atom stereocenters. The summed E-state index contributed by atoms with van der Waals surface area (Å²) in [5.74, 6) is 1.42. The number of nitrogens with one attached hydrogen (secondary N) is 1. The third kappa shape index (κ3) is 2.63. The van der Waals surface area contributed by atoms with Gasteiger partial charge in [0.05, 0.1) is 5.39 Å². The zero-order chi connectivity index (χ0) is 14.8. The van der Waals surface area contributed by atoms with Gasteiger partial charge in [0.1, 0.15) is 17.0 Å².